The second-order valence-corrected chi connectivity index (χ2v) is 5.27. The van der Waals surface area contributed by atoms with Crippen molar-refractivity contribution in [3.8, 4) is 0 Å². The molecule has 1 aromatic carbocycles. The second-order valence-electron chi connectivity index (χ2n) is 4.42. The van der Waals surface area contributed by atoms with Crippen LogP contribution in [0.5, 0.6) is 0 Å². The lowest BCUT2D eigenvalue weighted by Crippen LogP contribution is -2.46. The van der Waals surface area contributed by atoms with Crippen LogP contribution in [0.25, 0.3) is 0 Å². The number of rotatable bonds is 4. The highest BCUT2D eigenvalue weighted by molar-refractivity contribution is 9.10. The number of aliphatic hydroxyl groups excluding tert-OH is 1. The van der Waals surface area contributed by atoms with Gasteiger partial charge < -0.3 is 10.4 Å². The molecule has 0 heterocycles. The molecule has 1 aromatic rings. The minimum Gasteiger partial charge on any atom is -0.394 e. The van der Waals surface area contributed by atoms with Gasteiger partial charge in [0.25, 0.3) is 11.6 Å². The molecule has 1 amide bonds. The van der Waals surface area contributed by atoms with E-state index in [1.54, 1.807) is 13.8 Å². The molecule has 0 aliphatic carbocycles. The zero-order valence-corrected chi connectivity index (χ0v) is 11.5. The molecule has 0 unspecified atom stereocenters. The lowest BCUT2D eigenvalue weighted by molar-refractivity contribution is -0.384. The summed E-state index contributed by atoms with van der Waals surface area (Å²) >= 11 is 3.16. The molecule has 0 bridgehead atoms. The zero-order valence-electron chi connectivity index (χ0n) is 9.94. The third kappa shape index (κ3) is 3.51. The SMILES string of the molecule is CC(C)(CO)NC(=O)c1cc([N+](=O)[O-])ccc1Br. The van der Waals surface area contributed by atoms with E-state index in [1.807, 2.05) is 0 Å². The maximum Gasteiger partial charge on any atom is 0.270 e. The second kappa shape index (κ2) is 5.45. The molecule has 0 radical (unpaired) electrons. The van der Waals surface area contributed by atoms with E-state index < -0.39 is 16.4 Å². The van der Waals surface area contributed by atoms with Crippen molar-refractivity contribution in [2.45, 2.75) is 19.4 Å². The average molecular weight is 317 g/mol. The van der Waals surface area contributed by atoms with Crippen LogP contribution in [0.15, 0.2) is 22.7 Å². The molecule has 0 aliphatic heterocycles. The van der Waals surface area contributed by atoms with Crippen molar-refractivity contribution in [2.75, 3.05) is 6.61 Å². The molecule has 0 fully saturated rings. The van der Waals surface area contributed by atoms with E-state index in [2.05, 4.69) is 21.2 Å². The van der Waals surface area contributed by atoms with Crippen molar-refractivity contribution >= 4 is 27.5 Å². The number of nitro benzene ring substituents is 1. The molecule has 0 saturated carbocycles. The number of amides is 1. The molecule has 0 spiro atoms. The number of nitrogens with zero attached hydrogens (tertiary/aromatic N) is 1. The monoisotopic (exact) mass is 316 g/mol. The van der Waals surface area contributed by atoms with Crippen LogP contribution in [0, 0.1) is 10.1 Å². The van der Waals surface area contributed by atoms with Gasteiger partial charge >= 0.3 is 0 Å². The number of non-ortho nitro benzene ring substituents is 1. The van der Waals surface area contributed by atoms with Gasteiger partial charge in [-0.25, -0.2) is 0 Å². The van der Waals surface area contributed by atoms with Crippen molar-refractivity contribution in [2.24, 2.45) is 0 Å². The van der Waals surface area contributed by atoms with Gasteiger partial charge in [-0.15, -0.1) is 0 Å². The minimum atomic E-state index is -0.791. The van der Waals surface area contributed by atoms with Gasteiger partial charge in [-0.05, 0) is 35.8 Å². The standard InChI is InChI=1S/C11H13BrN2O4/c1-11(2,6-15)13-10(16)8-5-7(14(17)18)3-4-9(8)12/h3-5,15H,6H2,1-2H3,(H,13,16). The van der Waals surface area contributed by atoms with E-state index in [0.29, 0.717) is 4.47 Å². The topological polar surface area (TPSA) is 92.5 Å². The van der Waals surface area contributed by atoms with Gasteiger partial charge in [0, 0.05) is 16.6 Å². The summed E-state index contributed by atoms with van der Waals surface area (Å²) in [5, 5.41) is 22.3. The highest BCUT2D eigenvalue weighted by atomic mass is 79.9. The van der Waals surface area contributed by atoms with Crippen LogP contribution in [0.2, 0.25) is 0 Å². The molecular weight excluding hydrogens is 304 g/mol. The minimum absolute atomic E-state index is 0.158. The van der Waals surface area contributed by atoms with Gasteiger partial charge in [0.15, 0.2) is 0 Å². The summed E-state index contributed by atoms with van der Waals surface area (Å²) in [5.41, 5.74) is -0.794. The highest BCUT2D eigenvalue weighted by Crippen LogP contribution is 2.23. The summed E-state index contributed by atoms with van der Waals surface area (Å²) in [6, 6.07) is 3.93. The summed E-state index contributed by atoms with van der Waals surface area (Å²) in [4.78, 5) is 22.0. The first-order chi connectivity index (χ1) is 8.26. The molecule has 6 nitrogen and oxygen atoms in total. The van der Waals surface area contributed by atoms with E-state index in [4.69, 9.17) is 5.11 Å². The van der Waals surface area contributed by atoms with Crippen LogP contribution in [0.3, 0.4) is 0 Å². The number of hydrogen-bond acceptors (Lipinski definition) is 4. The van der Waals surface area contributed by atoms with Crippen molar-refractivity contribution in [1.82, 2.24) is 5.32 Å². The molecule has 0 atom stereocenters. The maximum atomic E-state index is 11.9. The number of halogens is 1. The van der Waals surface area contributed by atoms with Crippen molar-refractivity contribution in [3.63, 3.8) is 0 Å². The quantitative estimate of drug-likeness (QED) is 0.655. The molecular formula is C11H13BrN2O4. The summed E-state index contributed by atoms with van der Waals surface area (Å²) in [5.74, 6) is -0.482. The van der Waals surface area contributed by atoms with Crippen LogP contribution in [-0.2, 0) is 0 Å². The number of carbonyl (C=O) groups is 1. The molecule has 2 N–H and O–H groups in total. The predicted molar refractivity (Wildman–Crippen MR) is 69.4 cm³/mol. The Labute approximate surface area is 112 Å². The van der Waals surface area contributed by atoms with Gasteiger partial charge in [0.1, 0.15) is 0 Å². The van der Waals surface area contributed by atoms with Crippen molar-refractivity contribution < 1.29 is 14.8 Å². The average Bonchev–Trinajstić information content (AvgIpc) is 2.28. The van der Waals surface area contributed by atoms with Gasteiger partial charge in [0.2, 0.25) is 0 Å². The Bertz CT molecular complexity index is 488. The van der Waals surface area contributed by atoms with Crippen LogP contribution in [0.1, 0.15) is 24.2 Å². The Hall–Kier alpha value is -1.47. The predicted octanol–water partition coefficient (Wildman–Crippen LogP) is 1.86. The molecule has 0 aromatic heterocycles. The maximum absolute atomic E-state index is 11.9. The first kappa shape index (κ1) is 14.6. The smallest absolute Gasteiger partial charge is 0.270 e. The molecule has 98 valence electrons. The summed E-state index contributed by atoms with van der Waals surface area (Å²) in [6.07, 6.45) is 0. The lowest BCUT2D eigenvalue weighted by atomic mass is 10.1. The van der Waals surface area contributed by atoms with Crippen LogP contribution in [0.4, 0.5) is 5.69 Å². The normalized spacial score (nSPS) is 11.1. The Morgan fingerprint density at radius 1 is 1.56 bits per heavy atom. The molecule has 18 heavy (non-hydrogen) atoms. The van der Waals surface area contributed by atoms with Crippen molar-refractivity contribution in [1.29, 1.82) is 0 Å². The lowest BCUT2D eigenvalue weighted by Gasteiger charge is -2.23. The number of aliphatic hydroxyl groups is 1. The van der Waals surface area contributed by atoms with E-state index in [0.717, 1.165) is 0 Å². The van der Waals surface area contributed by atoms with Crippen LogP contribution < -0.4 is 5.32 Å². The fraction of sp³-hybridized carbons (Fsp3) is 0.364. The van der Waals surface area contributed by atoms with E-state index >= 15 is 0 Å². The van der Waals surface area contributed by atoms with Crippen LogP contribution in [-0.4, -0.2) is 28.1 Å². The number of hydrogen-bond donors (Lipinski definition) is 2. The Morgan fingerprint density at radius 3 is 2.67 bits per heavy atom. The molecule has 1 rings (SSSR count). The molecule has 0 aliphatic rings. The first-order valence-electron chi connectivity index (χ1n) is 5.14. The van der Waals surface area contributed by atoms with E-state index in [1.165, 1.54) is 18.2 Å². The van der Waals surface area contributed by atoms with Crippen molar-refractivity contribution in [3.05, 3.63) is 38.3 Å². The van der Waals surface area contributed by atoms with Gasteiger partial charge in [0.05, 0.1) is 22.6 Å². The van der Waals surface area contributed by atoms with E-state index in [9.17, 15) is 14.9 Å². The molecule has 7 heteroatoms. The van der Waals surface area contributed by atoms with Crippen LogP contribution >= 0.6 is 15.9 Å². The Kier molecular flexibility index (Phi) is 4.42. The highest BCUT2D eigenvalue weighted by Gasteiger charge is 2.22. The van der Waals surface area contributed by atoms with Gasteiger partial charge in [-0.3, -0.25) is 14.9 Å². The Morgan fingerprint density at radius 2 is 2.17 bits per heavy atom. The third-order valence-electron chi connectivity index (χ3n) is 2.25. The zero-order chi connectivity index (χ0) is 13.9. The summed E-state index contributed by atoms with van der Waals surface area (Å²) in [6.45, 7) is 3.07. The summed E-state index contributed by atoms with van der Waals surface area (Å²) in [7, 11) is 0. The number of nitro groups is 1. The largest absolute Gasteiger partial charge is 0.394 e. The van der Waals surface area contributed by atoms with Gasteiger partial charge in [-0.2, -0.15) is 0 Å². The molecule has 0 saturated heterocycles. The summed E-state index contributed by atoms with van der Waals surface area (Å²) < 4.78 is 0.458. The number of nitrogens with one attached hydrogen (secondary N) is 1. The fourth-order valence-corrected chi connectivity index (χ4v) is 1.64. The first-order valence-corrected chi connectivity index (χ1v) is 5.93. The third-order valence-corrected chi connectivity index (χ3v) is 2.94. The van der Waals surface area contributed by atoms with Gasteiger partial charge in [-0.1, -0.05) is 0 Å². The Balaban J connectivity index is 3.05. The van der Waals surface area contributed by atoms with E-state index in [-0.39, 0.29) is 17.9 Å². The fourth-order valence-electron chi connectivity index (χ4n) is 1.22. The number of benzene rings is 1. The number of carbonyl (C=O) groups excluding carboxylic acids is 1.